The first-order valence-electron chi connectivity index (χ1n) is 5.89. The van der Waals surface area contributed by atoms with Crippen molar-refractivity contribution in [3.63, 3.8) is 0 Å². The molecule has 0 unspecified atom stereocenters. The molecule has 1 heterocycles. The molecule has 0 aliphatic rings. The van der Waals surface area contributed by atoms with Crippen molar-refractivity contribution in [2.45, 2.75) is 19.5 Å². The Morgan fingerprint density at radius 2 is 2.00 bits per heavy atom. The molecule has 6 nitrogen and oxygen atoms in total. The average Bonchev–Trinajstić information content (AvgIpc) is 2.37. The quantitative estimate of drug-likeness (QED) is 0.490. The number of H-pyrrole nitrogens is 1. The molecular weight excluding hydrogens is 293 g/mol. The summed E-state index contributed by atoms with van der Waals surface area (Å²) in [6.45, 7) is 1.89. The largest absolute Gasteiger partial charge is 0.469 e. The van der Waals surface area contributed by atoms with E-state index in [-0.39, 0.29) is 12.4 Å². The fraction of sp³-hybridized carbons (Fsp3) is 0.417. The molecule has 0 aliphatic heterocycles. The Morgan fingerprint density at radius 1 is 1.38 bits per heavy atom. The van der Waals surface area contributed by atoms with Crippen LogP contribution in [0.1, 0.15) is 29.3 Å². The number of methoxy groups -OCH3 is 1. The van der Waals surface area contributed by atoms with E-state index in [2.05, 4.69) is 10.1 Å². The van der Waals surface area contributed by atoms with Gasteiger partial charge in [0.05, 0.1) is 12.7 Å². The maximum Gasteiger partial charge on any atom is 0.421 e. The number of aromatic nitrogens is 1. The van der Waals surface area contributed by atoms with Gasteiger partial charge in [-0.1, -0.05) is 0 Å². The van der Waals surface area contributed by atoms with Gasteiger partial charge in [-0.05, 0) is 13.0 Å². The van der Waals surface area contributed by atoms with Crippen LogP contribution in [0.2, 0.25) is 0 Å². The lowest BCUT2D eigenvalue weighted by atomic mass is 10.1. The van der Waals surface area contributed by atoms with Gasteiger partial charge in [0.2, 0.25) is 0 Å². The van der Waals surface area contributed by atoms with Crippen molar-refractivity contribution in [3.05, 3.63) is 27.5 Å². The SMILES string of the molecule is CCNc1[nH]c(=O)c(C(F)(F)F)cc1C(=O)CC(=O)OC. The molecule has 0 fully saturated rings. The summed E-state index contributed by atoms with van der Waals surface area (Å²) in [6, 6.07) is 0.433. The topological polar surface area (TPSA) is 88.3 Å². The van der Waals surface area contributed by atoms with Gasteiger partial charge in [-0.2, -0.15) is 13.2 Å². The number of carbonyl (C=O) groups excluding carboxylic acids is 2. The van der Waals surface area contributed by atoms with Gasteiger partial charge in [0.25, 0.3) is 5.56 Å². The molecule has 0 radical (unpaired) electrons. The number of Topliss-reactive ketones (excluding diaryl/α,β-unsaturated/α-hetero) is 1. The average molecular weight is 306 g/mol. The zero-order valence-electron chi connectivity index (χ0n) is 11.3. The monoisotopic (exact) mass is 306 g/mol. The fourth-order valence-electron chi connectivity index (χ4n) is 1.58. The summed E-state index contributed by atoms with van der Waals surface area (Å²) in [4.78, 5) is 36.3. The number of rotatable bonds is 5. The summed E-state index contributed by atoms with van der Waals surface area (Å²) in [6.07, 6.45) is -5.63. The second-order valence-electron chi connectivity index (χ2n) is 4.00. The molecule has 0 aromatic carbocycles. The molecule has 0 bridgehead atoms. The number of carbonyl (C=O) groups is 2. The van der Waals surface area contributed by atoms with Gasteiger partial charge in [0.15, 0.2) is 5.78 Å². The molecule has 21 heavy (non-hydrogen) atoms. The highest BCUT2D eigenvalue weighted by molar-refractivity contribution is 6.08. The number of hydrogen-bond acceptors (Lipinski definition) is 5. The highest BCUT2D eigenvalue weighted by Gasteiger charge is 2.35. The van der Waals surface area contributed by atoms with Crippen molar-refractivity contribution in [1.82, 2.24) is 4.98 Å². The number of aromatic amines is 1. The Hall–Kier alpha value is -2.32. The van der Waals surface area contributed by atoms with Crippen LogP contribution in [0.4, 0.5) is 19.0 Å². The number of hydrogen-bond donors (Lipinski definition) is 2. The van der Waals surface area contributed by atoms with E-state index in [0.717, 1.165) is 7.11 Å². The van der Waals surface area contributed by atoms with Crippen LogP contribution in [-0.2, 0) is 15.7 Å². The van der Waals surface area contributed by atoms with Crippen molar-refractivity contribution in [1.29, 1.82) is 0 Å². The molecule has 1 aromatic rings. The Morgan fingerprint density at radius 3 is 2.48 bits per heavy atom. The number of esters is 1. The number of ketones is 1. The van der Waals surface area contributed by atoms with Crippen molar-refractivity contribution < 1.29 is 27.5 Å². The van der Waals surface area contributed by atoms with E-state index in [1.807, 2.05) is 4.98 Å². The summed E-state index contributed by atoms with van der Waals surface area (Å²) < 4.78 is 42.4. The number of halogens is 3. The fourth-order valence-corrected chi connectivity index (χ4v) is 1.58. The van der Waals surface area contributed by atoms with Crippen molar-refractivity contribution in [2.75, 3.05) is 19.0 Å². The van der Waals surface area contributed by atoms with Crippen LogP contribution in [0.15, 0.2) is 10.9 Å². The minimum absolute atomic E-state index is 0.163. The predicted octanol–water partition coefficient (Wildman–Crippen LogP) is 1.57. The van der Waals surface area contributed by atoms with Gasteiger partial charge in [-0.25, -0.2) is 0 Å². The van der Waals surface area contributed by atoms with Crippen LogP contribution < -0.4 is 10.9 Å². The lowest BCUT2D eigenvalue weighted by Crippen LogP contribution is -2.25. The Kier molecular flexibility index (Phi) is 5.12. The highest BCUT2D eigenvalue weighted by atomic mass is 19.4. The van der Waals surface area contributed by atoms with E-state index in [1.54, 1.807) is 6.92 Å². The number of pyridine rings is 1. The van der Waals surface area contributed by atoms with Crippen molar-refractivity contribution in [2.24, 2.45) is 0 Å². The number of anilines is 1. The first-order chi connectivity index (χ1) is 9.70. The molecule has 116 valence electrons. The second kappa shape index (κ2) is 6.42. The van der Waals surface area contributed by atoms with Crippen LogP contribution in [0.5, 0.6) is 0 Å². The first kappa shape index (κ1) is 16.7. The van der Waals surface area contributed by atoms with E-state index >= 15 is 0 Å². The van der Waals surface area contributed by atoms with E-state index in [0.29, 0.717) is 6.07 Å². The smallest absolute Gasteiger partial charge is 0.421 e. The third-order valence-corrected chi connectivity index (χ3v) is 2.53. The molecule has 0 saturated carbocycles. The van der Waals surface area contributed by atoms with Crippen LogP contribution in [0.25, 0.3) is 0 Å². The van der Waals surface area contributed by atoms with Crippen molar-refractivity contribution >= 4 is 17.6 Å². The summed E-state index contributed by atoms with van der Waals surface area (Å²) in [5.41, 5.74) is -3.29. The molecule has 2 N–H and O–H groups in total. The van der Waals surface area contributed by atoms with E-state index in [4.69, 9.17) is 0 Å². The number of ether oxygens (including phenoxy) is 1. The minimum atomic E-state index is -4.90. The lowest BCUT2D eigenvalue weighted by molar-refractivity contribution is -0.139. The van der Waals surface area contributed by atoms with Crippen LogP contribution in [0.3, 0.4) is 0 Å². The third kappa shape index (κ3) is 4.07. The number of alkyl halides is 3. The summed E-state index contributed by atoms with van der Waals surface area (Å²) in [5, 5.41) is 2.57. The minimum Gasteiger partial charge on any atom is -0.469 e. The Bertz CT molecular complexity index is 608. The van der Waals surface area contributed by atoms with Gasteiger partial charge in [0.1, 0.15) is 17.8 Å². The van der Waals surface area contributed by atoms with Crippen molar-refractivity contribution in [3.8, 4) is 0 Å². The molecule has 1 rings (SSSR count). The van der Waals surface area contributed by atoms with Gasteiger partial charge in [0, 0.05) is 6.54 Å². The molecular formula is C12H13F3N2O4. The normalized spacial score (nSPS) is 11.1. The molecule has 9 heteroatoms. The third-order valence-electron chi connectivity index (χ3n) is 2.53. The predicted molar refractivity (Wildman–Crippen MR) is 67.2 cm³/mol. The zero-order chi connectivity index (χ0) is 16.2. The summed E-state index contributed by atoms with van der Waals surface area (Å²) in [5.74, 6) is -1.94. The standard InChI is InChI=1S/C12H13F3N2O4/c1-3-16-10-6(8(18)5-9(19)21-2)4-7(11(20)17-10)12(13,14)15/h4H,3,5H2,1-2H3,(H2,16,17,20). The van der Waals surface area contributed by atoms with Crippen LogP contribution in [-0.4, -0.2) is 30.4 Å². The molecule has 0 spiro atoms. The van der Waals surface area contributed by atoms with Gasteiger partial charge >= 0.3 is 12.1 Å². The van der Waals surface area contributed by atoms with Gasteiger partial charge < -0.3 is 15.0 Å². The molecule has 0 amide bonds. The van der Waals surface area contributed by atoms with Crippen LogP contribution >= 0.6 is 0 Å². The van der Waals surface area contributed by atoms with E-state index in [1.165, 1.54) is 0 Å². The number of nitrogens with one attached hydrogen (secondary N) is 2. The lowest BCUT2D eigenvalue weighted by Gasteiger charge is -2.12. The summed E-state index contributed by atoms with van der Waals surface area (Å²) >= 11 is 0. The second-order valence-corrected chi connectivity index (χ2v) is 4.00. The van der Waals surface area contributed by atoms with Crippen LogP contribution in [0, 0.1) is 0 Å². The Labute approximate surface area is 117 Å². The summed E-state index contributed by atoms with van der Waals surface area (Å²) in [7, 11) is 1.05. The molecule has 0 saturated heterocycles. The van der Waals surface area contributed by atoms with Gasteiger partial charge in [-0.3, -0.25) is 14.4 Å². The van der Waals surface area contributed by atoms with E-state index < -0.39 is 41.0 Å². The Balaban J connectivity index is 3.35. The maximum atomic E-state index is 12.7. The van der Waals surface area contributed by atoms with E-state index in [9.17, 15) is 27.6 Å². The van der Waals surface area contributed by atoms with Gasteiger partial charge in [-0.15, -0.1) is 0 Å². The molecule has 0 aliphatic carbocycles. The zero-order valence-corrected chi connectivity index (χ0v) is 11.3. The maximum absolute atomic E-state index is 12.7. The first-order valence-corrected chi connectivity index (χ1v) is 5.89. The highest BCUT2D eigenvalue weighted by Crippen LogP contribution is 2.28. The molecule has 1 aromatic heterocycles. The molecule has 0 atom stereocenters.